The predicted octanol–water partition coefficient (Wildman–Crippen LogP) is 2.76. The van der Waals surface area contributed by atoms with Crippen LogP contribution in [0.3, 0.4) is 0 Å². The minimum absolute atomic E-state index is 0. The van der Waals surface area contributed by atoms with Crippen molar-refractivity contribution >= 4 is 47.4 Å². The van der Waals surface area contributed by atoms with E-state index in [4.69, 9.17) is 16.3 Å². The van der Waals surface area contributed by atoms with Gasteiger partial charge in [0.15, 0.2) is 5.96 Å². The number of carbonyl (C=O) groups is 1. The second-order valence-electron chi connectivity index (χ2n) is 5.64. The highest BCUT2D eigenvalue weighted by Gasteiger charge is 2.07. The molecule has 1 aromatic carbocycles. The number of nitrogens with one attached hydrogen (secondary N) is 2. The normalized spacial score (nSPS) is 12.0. The van der Waals surface area contributed by atoms with Crippen molar-refractivity contribution in [2.45, 2.75) is 26.4 Å². The van der Waals surface area contributed by atoms with Crippen LogP contribution in [0.15, 0.2) is 29.3 Å². The van der Waals surface area contributed by atoms with Gasteiger partial charge in [0, 0.05) is 25.7 Å². The lowest BCUT2D eigenvalue weighted by Crippen LogP contribution is -2.42. The van der Waals surface area contributed by atoms with Crippen molar-refractivity contribution in [3.8, 4) is 5.75 Å². The van der Waals surface area contributed by atoms with Gasteiger partial charge in [-0.1, -0.05) is 18.5 Å². The standard InChI is InChI=1S/C17H27ClN4O2.HI/c1-5-10-19-17(21-12-16(23)22(3)4)20-11-13(2)24-15-8-6-14(18)7-9-15;/h6-9,13H,5,10-12H2,1-4H3,(H2,19,20,21);1H. The molecule has 25 heavy (non-hydrogen) atoms. The second kappa shape index (κ2) is 13.0. The summed E-state index contributed by atoms with van der Waals surface area (Å²) in [5, 5.41) is 7.06. The third-order valence-electron chi connectivity index (χ3n) is 3.12. The van der Waals surface area contributed by atoms with E-state index in [1.165, 1.54) is 4.90 Å². The molecule has 0 saturated heterocycles. The molecule has 0 aliphatic carbocycles. The van der Waals surface area contributed by atoms with Gasteiger partial charge in [0.25, 0.3) is 0 Å². The molecule has 1 aromatic rings. The van der Waals surface area contributed by atoms with Gasteiger partial charge in [-0.2, -0.15) is 0 Å². The fraction of sp³-hybridized carbons (Fsp3) is 0.529. The van der Waals surface area contributed by atoms with Gasteiger partial charge in [-0.15, -0.1) is 24.0 Å². The Hall–Kier alpha value is -1.22. The molecule has 6 nitrogen and oxygen atoms in total. The summed E-state index contributed by atoms with van der Waals surface area (Å²) in [6.07, 6.45) is 0.906. The molecule has 0 heterocycles. The summed E-state index contributed by atoms with van der Waals surface area (Å²) in [5.41, 5.74) is 0. The van der Waals surface area contributed by atoms with E-state index in [9.17, 15) is 4.79 Å². The van der Waals surface area contributed by atoms with Crippen molar-refractivity contribution < 1.29 is 9.53 Å². The van der Waals surface area contributed by atoms with Gasteiger partial charge in [0.2, 0.25) is 5.91 Å². The van der Waals surface area contributed by atoms with Crippen LogP contribution in [0.2, 0.25) is 5.02 Å². The molecular formula is C17H28ClIN4O2. The van der Waals surface area contributed by atoms with Gasteiger partial charge in [-0.05, 0) is 37.6 Å². The summed E-state index contributed by atoms with van der Waals surface area (Å²) in [7, 11) is 3.43. The van der Waals surface area contributed by atoms with Gasteiger partial charge in [-0.3, -0.25) is 4.79 Å². The van der Waals surface area contributed by atoms with E-state index in [1.807, 2.05) is 19.1 Å². The Morgan fingerprint density at radius 2 is 1.92 bits per heavy atom. The summed E-state index contributed by atoms with van der Waals surface area (Å²) in [6.45, 7) is 5.49. The molecule has 142 valence electrons. The molecule has 0 aliphatic rings. The van der Waals surface area contributed by atoms with Crippen LogP contribution in [0.5, 0.6) is 5.75 Å². The lowest BCUT2D eigenvalue weighted by atomic mass is 10.3. The average molecular weight is 483 g/mol. The number of halogens is 2. The van der Waals surface area contributed by atoms with E-state index < -0.39 is 0 Å². The zero-order valence-electron chi connectivity index (χ0n) is 15.2. The van der Waals surface area contributed by atoms with Gasteiger partial charge >= 0.3 is 0 Å². The Labute approximate surface area is 172 Å². The van der Waals surface area contributed by atoms with Gasteiger partial charge in [-0.25, -0.2) is 4.99 Å². The van der Waals surface area contributed by atoms with Crippen LogP contribution in [0.25, 0.3) is 0 Å². The van der Waals surface area contributed by atoms with E-state index >= 15 is 0 Å². The molecule has 0 fully saturated rings. The van der Waals surface area contributed by atoms with Crippen molar-refractivity contribution in [2.75, 3.05) is 33.7 Å². The number of hydrogen-bond donors (Lipinski definition) is 2. The van der Waals surface area contributed by atoms with E-state index in [1.54, 1.807) is 26.2 Å². The summed E-state index contributed by atoms with van der Waals surface area (Å²) < 4.78 is 5.81. The van der Waals surface area contributed by atoms with Crippen LogP contribution in [0, 0.1) is 0 Å². The largest absolute Gasteiger partial charge is 0.489 e. The molecular weight excluding hydrogens is 455 g/mol. The molecule has 0 saturated carbocycles. The Morgan fingerprint density at radius 3 is 2.48 bits per heavy atom. The molecule has 1 amide bonds. The van der Waals surface area contributed by atoms with Gasteiger partial charge in [0.05, 0.1) is 6.54 Å². The number of amides is 1. The van der Waals surface area contributed by atoms with E-state index in [-0.39, 0.29) is 42.5 Å². The number of ether oxygens (including phenoxy) is 1. The highest BCUT2D eigenvalue weighted by Crippen LogP contribution is 2.16. The van der Waals surface area contributed by atoms with E-state index in [2.05, 4.69) is 22.5 Å². The fourth-order valence-corrected chi connectivity index (χ4v) is 1.86. The first-order valence-electron chi connectivity index (χ1n) is 8.07. The number of rotatable bonds is 8. The maximum atomic E-state index is 11.7. The Balaban J connectivity index is 0.00000576. The molecule has 8 heteroatoms. The van der Waals surface area contributed by atoms with Crippen LogP contribution in [-0.4, -0.2) is 56.6 Å². The van der Waals surface area contributed by atoms with Crippen LogP contribution in [-0.2, 0) is 4.79 Å². The first kappa shape index (κ1) is 23.8. The minimum atomic E-state index is -0.0654. The Kier molecular flexibility index (Phi) is 12.4. The van der Waals surface area contributed by atoms with Crippen molar-refractivity contribution in [2.24, 2.45) is 4.99 Å². The third kappa shape index (κ3) is 10.4. The molecule has 1 rings (SSSR count). The number of benzene rings is 1. The highest BCUT2D eigenvalue weighted by atomic mass is 127. The Morgan fingerprint density at radius 1 is 1.28 bits per heavy atom. The number of carbonyl (C=O) groups excluding carboxylic acids is 1. The molecule has 2 N–H and O–H groups in total. The number of nitrogens with zero attached hydrogens (tertiary/aromatic N) is 2. The minimum Gasteiger partial charge on any atom is -0.489 e. The maximum absolute atomic E-state index is 11.7. The first-order valence-corrected chi connectivity index (χ1v) is 8.44. The van der Waals surface area contributed by atoms with Crippen molar-refractivity contribution in [1.82, 2.24) is 15.5 Å². The van der Waals surface area contributed by atoms with Crippen molar-refractivity contribution in [3.63, 3.8) is 0 Å². The summed E-state index contributed by atoms with van der Waals surface area (Å²) in [5.74, 6) is 1.33. The predicted molar refractivity (Wildman–Crippen MR) is 114 cm³/mol. The van der Waals surface area contributed by atoms with E-state index in [0.717, 1.165) is 18.7 Å². The lowest BCUT2D eigenvalue weighted by Gasteiger charge is -2.18. The van der Waals surface area contributed by atoms with Crippen LogP contribution < -0.4 is 15.4 Å². The third-order valence-corrected chi connectivity index (χ3v) is 3.37. The average Bonchev–Trinajstić information content (AvgIpc) is 2.55. The van der Waals surface area contributed by atoms with Gasteiger partial charge < -0.3 is 20.3 Å². The van der Waals surface area contributed by atoms with E-state index in [0.29, 0.717) is 17.5 Å². The molecule has 0 bridgehead atoms. The molecule has 0 radical (unpaired) electrons. The fourth-order valence-electron chi connectivity index (χ4n) is 1.73. The smallest absolute Gasteiger partial charge is 0.243 e. The molecule has 0 spiro atoms. The topological polar surface area (TPSA) is 66.0 Å². The zero-order chi connectivity index (χ0) is 17.9. The van der Waals surface area contributed by atoms with Gasteiger partial charge in [0.1, 0.15) is 18.4 Å². The summed E-state index contributed by atoms with van der Waals surface area (Å²) in [6, 6.07) is 7.25. The SMILES string of the molecule is CCCNC(=NCC(=O)N(C)C)NCC(C)Oc1ccc(Cl)cc1.I. The zero-order valence-corrected chi connectivity index (χ0v) is 18.3. The monoisotopic (exact) mass is 482 g/mol. The summed E-state index contributed by atoms with van der Waals surface area (Å²) >= 11 is 5.86. The summed E-state index contributed by atoms with van der Waals surface area (Å²) in [4.78, 5) is 17.5. The second-order valence-corrected chi connectivity index (χ2v) is 6.08. The number of aliphatic imine (C=N–C) groups is 1. The Bertz CT molecular complexity index is 538. The lowest BCUT2D eigenvalue weighted by molar-refractivity contribution is -0.127. The molecule has 0 aromatic heterocycles. The highest BCUT2D eigenvalue weighted by molar-refractivity contribution is 14.0. The quantitative estimate of drug-likeness (QED) is 0.340. The number of likely N-dealkylation sites (N-methyl/N-ethyl adjacent to an activating group) is 1. The number of guanidine groups is 1. The molecule has 1 atom stereocenters. The van der Waals surface area contributed by atoms with Crippen LogP contribution in [0.4, 0.5) is 0 Å². The van der Waals surface area contributed by atoms with Crippen LogP contribution >= 0.6 is 35.6 Å². The van der Waals surface area contributed by atoms with Crippen molar-refractivity contribution in [1.29, 1.82) is 0 Å². The number of hydrogen-bond acceptors (Lipinski definition) is 3. The molecule has 1 unspecified atom stereocenters. The van der Waals surface area contributed by atoms with Crippen molar-refractivity contribution in [3.05, 3.63) is 29.3 Å². The maximum Gasteiger partial charge on any atom is 0.243 e. The van der Waals surface area contributed by atoms with Crippen LogP contribution in [0.1, 0.15) is 20.3 Å². The molecule has 0 aliphatic heterocycles. The first-order chi connectivity index (χ1) is 11.4.